The van der Waals surface area contributed by atoms with Gasteiger partial charge in [-0.1, -0.05) is 151 Å². The zero-order valence-corrected chi connectivity index (χ0v) is 42.6. The molecule has 0 aliphatic heterocycles. The summed E-state index contributed by atoms with van der Waals surface area (Å²) in [6.45, 7) is 18.4. The van der Waals surface area contributed by atoms with Gasteiger partial charge in [0.15, 0.2) is 0 Å². The van der Waals surface area contributed by atoms with E-state index in [0.29, 0.717) is 11.8 Å². The summed E-state index contributed by atoms with van der Waals surface area (Å²) in [5.41, 5.74) is 23.1. The molecule has 0 spiro atoms. The second-order valence-electron chi connectivity index (χ2n) is 21.1. The van der Waals surface area contributed by atoms with Crippen LogP contribution >= 0.6 is 0 Å². The maximum atomic E-state index is 4.93. The fourth-order valence-electron chi connectivity index (χ4n) is 12.2. The fourth-order valence-corrected chi connectivity index (χ4v) is 12.2. The molecular formula is C68H60N4. The van der Waals surface area contributed by atoms with Gasteiger partial charge in [-0.3, -0.25) is 9.97 Å². The molecule has 2 heterocycles. The molecule has 0 saturated heterocycles. The van der Waals surface area contributed by atoms with Crippen LogP contribution in [-0.4, -0.2) is 9.97 Å². The molecule has 2 aliphatic carbocycles. The van der Waals surface area contributed by atoms with E-state index in [1.807, 2.05) is 12.4 Å². The van der Waals surface area contributed by atoms with Crippen molar-refractivity contribution in [3.63, 3.8) is 0 Å². The third-order valence-electron chi connectivity index (χ3n) is 15.9. The Balaban J connectivity index is 1.24. The normalized spacial score (nSPS) is 13.8. The van der Waals surface area contributed by atoms with Crippen LogP contribution in [0, 0.1) is 13.8 Å². The van der Waals surface area contributed by atoms with Gasteiger partial charge in [0, 0.05) is 69.8 Å². The number of anilines is 6. The third-order valence-corrected chi connectivity index (χ3v) is 15.9. The summed E-state index contributed by atoms with van der Waals surface area (Å²) in [5, 5.41) is 2.34. The molecule has 0 N–H and O–H groups in total. The lowest BCUT2D eigenvalue weighted by atomic mass is 9.67. The highest BCUT2D eigenvalue weighted by molar-refractivity contribution is 6.09. The van der Waals surface area contributed by atoms with Crippen molar-refractivity contribution in [2.45, 2.75) is 78.1 Å². The van der Waals surface area contributed by atoms with Crippen molar-refractivity contribution in [2.75, 3.05) is 9.80 Å². The van der Waals surface area contributed by atoms with Crippen LogP contribution in [0.25, 0.3) is 33.0 Å². The Hall–Kier alpha value is -8.08. The molecule has 12 rings (SSSR count). The predicted octanol–water partition coefficient (Wildman–Crippen LogP) is 18.1. The van der Waals surface area contributed by atoms with Gasteiger partial charge in [0.2, 0.25) is 0 Å². The van der Waals surface area contributed by atoms with Crippen LogP contribution in [0.15, 0.2) is 207 Å². The molecule has 8 aromatic carbocycles. The largest absolute Gasteiger partial charge is 0.310 e. The van der Waals surface area contributed by atoms with E-state index in [1.165, 1.54) is 77.8 Å². The van der Waals surface area contributed by atoms with Crippen LogP contribution in [-0.2, 0) is 10.8 Å². The number of fused-ring (bicyclic) bond motifs is 7. The van der Waals surface area contributed by atoms with Crippen molar-refractivity contribution < 1.29 is 0 Å². The minimum absolute atomic E-state index is 0.317. The Morgan fingerprint density at radius 1 is 0.417 bits per heavy atom. The Kier molecular flexibility index (Phi) is 10.9. The first kappa shape index (κ1) is 45.1. The van der Waals surface area contributed by atoms with Gasteiger partial charge in [0.1, 0.15) is 0 Å². The summed E-state index contributed by atoms with van der Waals surface area (Å²) in [4.78, 5) is 14.9. The van der Waals surface area contributed by atoms with Gasteiger partial charge in [-0.25, -0.2) is 0 Å². The average Bonchev–Trinajstić information content (AvgIpc) is 3.81. The van der Waals surface area contributed by atoms with E-state index >= 15 is 0 Å². The van der Waals surface area contributed by atoms with Crippen LogP contribution in [0.2, 0.25) is 0 Å². The lowest BCUT2D eigenvalue weighted by Crippen LogP contribution is -2.30. The highest BCUT2D eigenvalue weighted by atomic mass is 15.2. The Bertz CT molecular complexity index is 3680. The van der Waals surface area contributed by atoms with E-state index < -0.39 is 5.41 Å². The van der Waals surface area contributed by atoms with Gasteiger partial charge in [-0.15, -0.1) is 0 Å². The summed E-state index contributed by atoms with van der Waals surface area (Å²) < 4.78 is 0. The minimum Gasteiger partial charge on any atom is -0.310 e. The second kappa shape index (κ2) is 17.3. The van der Waals surface area contributed by atoms with Gasteiger partial charge >= 0.3 is 0 Å². The lowest BCUT2D eigenvalue weighted by molar-refractivity contribution is 0.656. The van der Waals surface area contributed by atoms with Crippen molar-refractivity contribution in [3.05, 3.63) is 262 Å². The first-order valence-corrected chi connectivity index (χ1v) is 25.6. The number of pyridine rings is 2. The predicted molar refractivity (Wildman–Crippen MR) is 301 cm³/mol. The van der Waals surface area contributed by atoms with Gasteiger partial charge in [-0.05, 0) is 176 Å². The summed E-state index contributed by atoms with van der Waals surface area (Å²) in [7, 11) is 0. The van der Waals surface area contributed by atoms with Gasteiger partial charge in [0.05, 0.1) is 11.1 Å². The first-order chi connectivity index (χ1) is 35.0. The molecule has 4 nitrogen and oxygen atoms in total. The molecule has 10 aromatic rings. The summed E-state index contributed by atoms with van der Waals surface area (Å²) in [6.07, 6.45) is 7.97. The molecule has 0 saturated carbocycles. The van der Waals surface area contributed by atoms with Crippen LogP contribution < -0.4 is 9.80 Å². The molecule has 352 valence electrons. The Labute approximate surface area is 425 Å². The number of nitrogens with zero attached hydrogens (tertiary/aromatic N) is 4. The zero-order valence-electron chi connectivity index (χ0n) is 42.6. The molecule has 0 fully saturated rings. The molecule has 0 atom stereocenters. The number of hydrogen-bond donors (Lipinski definition) is 0. The van der Waals surface area contributed by atoms with Crippen LogP contribution in [0.4, 0.5) is 34.1 Å². The average molecular weight is 933 g/mol. The van der Waals surface area contributed by atoms with E-state index in [0.717, 1.165) is 45.0 Å². The van der Waals surface area contributed by atoms with Crippen molar-refractivity contribution in [2.24, 2.45) is 0 Å². The Morgan fingerprint density at radius 2 is 0.972 bits per heavy atom. The SMILES string of the molecule is Cc1ccccc1N(c1cccc(C(C)C)c1)c1ccc2cc3c(cc2c1)C(c1cccnc1)(c1cccnc1)c1cc2c(c(N(c4cccc(C(C)C)c4)c4ccccc4C)c1-3)-c1ccccc1C2(C)C. The maximum absolute atomic E-state index is 4.93. The summed E-state index contributed by atoms with van der Waals surface area (Å²) >= 11 is 0. The van der Waals surface area contributed by atoms with E-state index in [-0.39, 0.29) is 5.41 Å². The molecule has 2 aromatic heterocycles. The highest BCUT2D eigenvalue weighted by Crippen LogP contribution is 2.66. The molecule has 0 amide bonds. The molecule has 0 bridgehead atoms. The number of para-hydroxylation sites is 2. The van der Waals surface area contributed by atoms with E-state index in [2.05, 4.69) is 260 Å². The molecule has 2 aliphatic rings. The van der Waals surface area contributed by atoms with Gasteiger partial charge in [0.25, 0.3) is 0 Å². The van der Waals surface area contributed by atoms with E-state index in [9.17, 15) is 0 Å². The van der Waals surface area contributed by atoms with Crippen molar-refractivity contribution in [1.29, 1.82) is 0 Å². The minimum atomic E-state index is -0.801. The standard InChI is InChI=1S/C68H60N4/c1-43(2)47-21-15-25-53(35-47)71(62-29-13-9-19-45(62)5)55-32-31-49-38-57-59(39-50(49)37-55)68(51-23-17-33-69-41-51,52-24-18-34-70-42-52)61-40-60-64(56-27-11-12-28-58(56)67(60,7)8)66(65(57)61)72(63-30-14-10-20-46(63)6)54-26-16-22-48(36-54)44(3)4/h9-44H,1-8H3. The molecular weight excluding hydrogens is 873 g/mol. The van der Waals surface area contributed by atoms with E-state index in [4.69, 9.17) is 9.97 Å². The lowest BCUT2D eigenvalue weighted by Gasteiger charge is -2.36. The topological polar surface area (TPSA) is 32.3 Å². The van der Waals surface area contributed by atoms with Gasteiger partial charge in [-0.2, -0.15) is 0 Å². The first-order valence-electron chi connectivity index (χ1n) is 25.6. The van der Waals surface area contributed by atoms with Gasteiger partial charge < -0.3 is 9.80 Å². The molecule has 0 unspecified atom stereocenters. The quantitative estimate of drug-likeness (QED) is 0.137. The van der Waals surface area contributed by atoms with Crippen LogP contribution in [0.5, 0.6) is 0 Å². The number of hydrogen-bond acceptors (Lipinski definition) is 4. The number of rotatable bonds is 10. The molecule has 0 radical (unpaired) electrons. The van der Waals surface area contributed by atoms with E-state index in [1.54, 1.807) is 0 Å². The maximum Gasteiger partial charge on any atom is 0.0744 e. The fraction of sp³-hybridized carbons (Fsp3) is 0.176. The highest BCUT2D eigenvalue weighted by Gasteiger charge is 2.51. The number of aryl methyl sites for hydroxylation is 2. The van der Waals surface area contributed by atoms with Crippen molar-refractivity contribution in [3.8, 4) is 22.3 Å². The number of aromatic nitrogens is 2. The Morgan fingerprint density at radius 3 is 1.57 bits per heavy atom. The van der Waals surface area contributed by atoms with Crippen LogP contribution in [0.3, 0.4) is 0 Å². The smallest absolute Gasteiger partial charge is 0.0744 e. The van der Waals surface area contributed by atoms with Crippen molar-refractivity contribution in [1.82, 2.24) is 9.97 Å². The zero-order chi connectivity index (χ0) is 49.5. The number of benzene rings is 8. The monoisotopic (exact) mass is 932 g/mol. The third kappa shape index (κ3) is 6.94. The van der Waals surface area contributed by atoms with Crippen LogP contribution in [0.1, 0.15) is 109 Å². The second-order valence-corrected chi connectivity index (χ2v) is 21.1. The molecule has 4 heteroatoms. The molecule has 72 heavy (non-hydrogen) atoms. The summed E-state index contributed by atoms with van der Waals surface area (Å²) in [5.74, 6) is 0.737. The summed E-state index contributed by atoms with van der Waals surface area (Å²) in [6, 6.07) is 68.4. The van der Waals surface area contributed by atoms with Crippen molar-refractivity contribution >= 4 is 44.9 Å².